The topological polar surface area (TPSA) is 59.8 Å². The first kappa shape index (κ1) is 13.5. The molecule has 0 unspecified atom stereocenters. The minimum Gasteiger partial charge on any atom is -0.350 e. The lowest BCUT2D eigenvalue weighted by Crippen LogP contribution is -2.27. The van der Waals surface area contributed by atoms with Gasteiger partial charge in [-0.3, -0.25) is 4.79 Å². The maximum Gasteiger partial charge on any atom is 0.251 e. The number of carbonyl (C=O) groups excluding carboxylic acids is 1. The Labute approximate surface area is 116 Å². The van der Waals surface area contributed by atoms with Gasteiger partial charge in [0.05, 0.1) is 6.33 Å². The fourth-order valence-corrected chi connectivity index (χ4v) is 1.91. The Morgan fingerprint density at radius 1 is 1.47 bits per heavy atom. The van der Waals surface area contributed by atoms with Gasteiger partial charge in [0.25, 0.3) is 5.91 Å². The van der Waals surface area contributed by atoms with Crippen molar-refractivity contribution in [2.24, 2.45) is 0 Å². The summed E-state index contributed by atoms with van der Waals surface area (Å²) in [5.41, 5.74) is 1.36. The van der Waals surface area contributed by atoms with Crippen molar-refractivity contribution in [3.8, 4) is 0 Å². The zero-order valence-corrected chi connectivity index (χ0v) is 11.4. The van der Waals surface area contributed by atoms with Crippen molar-refractivity contribution in [2.45, 2.75) is 19.9 Å². The second kappa shape index (κ2) is 6.33. The van der Waals surface area contributed by atoms with Gasteiger partial charge in [-0.05, 0) is 18.6 Å². The molecular formula is C13H15ClN4O. The van der Waals surface area contributed by atoms with Gasteiger partial charge in [0.1, 0.15) is 5.15 Å². The Kier molecular flexibility index (Phi) is 4.52. The Bertz CT molecular complexity index is 554. The Morgan fingerprint density at radius 2 is 2.32 bits per heavy atom. The number of amides is 1. The van der Waals surface area contributed by atoms with Crippen molar-refractivity contribution in [3.05, 3.63) is 47.3 Å². The summed E-state index contributed by atoms with van der Waals surface area (Å²) in [6, 6.07) is 3.34. The molecule has 0 spiro atoms. The number of nitrogens with zero attached hydrogens (tertiary/aromatic N) is 3. The van der Waals surface area contributed by atoms with E-state index in [0.29, 0.717) is 23.8 Å². The summed E-state index contributed by atoms with van der Waals surface area (Å²) in [5.74, 6) is -0.140. The molecule has 2 aromatic rings. The van der Waals surface area contributed by atoms with E-state index < -0.39 is 0 Å². The molecule has 6 heteroatoms. The lowest BCUT2D eigenvalue weighted by Gasteiger charge is -2.07. The number of imidazole rings is 1. The fraction of sp³-hybridized carbons (Fsp3) is 0.308. The molecule has 2 heterocycles. The van der Waals surface area contributed by atoms with Crippen LogP contribution in [-0.2, 0) is 13.0 Å². The number of hydrogen-bond donors (Lipinski definition) is 1. The first-order valence-corrected chi connectivity index (χ1v) is 6.47. The summed E-state index contributed by atoms with van der Waals surface area (Å²) >= 11 is 5.88. The monoisotopic (exact) mass is 278 g/mol. The van der Waals surface area contributed by atoms with Crippen LogP contribution in [0.25, 0.3) is 0 Å². The summed E-state index contributed by atoms with van der Waals surface area (Å²) in [6.45, 7) is 3.20. The van der Waals surface area contributed by atoms with E-state index in [-0.39, 0.29) is 5.91 Å². The normalized spacial score (nSPS) is 10.4. The quantitative estimate of drug-likeness (QED) is 0.850. The third-order valence-electron chi connectivity index (χ3n) is 2.69. The summed E-state index contributed by atoms with van der Waals surface area (Å²) in [7, 11) is 0. The van der Waals surface area contributed by atoms with Gasteiger partial charge in [-0.2, -0.15) is 0 Å². The number of carbonyl (C=O) groups is 1. The Morgan fingerprint density at radius 3 is 3.00 bits per heavy atom. The van der Waals surface area contributed by atoms with Crippen LogP contribution < -0.4 is 5.32 Å². The summed E-state index contributed by atoms with van der Waals surface area (Å²) in [6.07, 6.45) is 6.02. The Hall–Kier alpha value is -1.88. The summed E-state index contributed by atoms with van der Waals surface area (Å²) in [4.78, 5) is 20.0. The number of nitrogens with one attached hydrogen (secondary N) is 1. The second-order valence-corrected chi connectivity index (χ2v) is 4.47. The standard InChI is InChI=1S/C13H15ClN4O/c1-2-11-7-10(8-12(14)17-11)13(19)16-4-6-18-5-3-15-9-18/h3,5,7-9H,2,4,6H2,1H3,(H,16,19). The molecule has 2 rings (SSSR count). The lowest BCUT2D eigenvalue weighted by atomic mass is 10.2. The van der Waals surface area contributed by atoms with Gasteiger partial charge in [0, 0.05) is 36.7 Å². The zero-order valence-electron chi connectivity index (χ0n) is 10.6. The third kappa shape index (κ3) is 3.79. The molecule has 0 bridgehead atoms. The molecular weight excluding hydrogens is 264 g/mol. The Balaban J connectivity index is 1.94. The van der Waals surface area contributed by atoms with Crippen LogP contribution in [0.4, 0.5) is 0 Å². The van der Waals surface area contributed by atoms with Gasteiger partial charge in [0.15, 0.2) is 0 Å². The highest BCUT2D eigenvalue weighted by molar-refractivity contribution is 6.29. The molecule has 0 aromatic carbocycles. The van der Waals surface area contributed by atoms with Crippen molar-refractivity contribution in [1.29, 1.82) is 0 Å². The van der Waals surface area contributed by atoms with Crippen LogP contribution in [-0.4, -0.2) is 27.0 Å². The highest BCUT2D eigenvalue weighted by atomic mass is 35.5. The van der Waals surface area contributed by atoms with Crippen molar-refractivity contribution < 1.29 is 4.79 Å². The van der Waals surface area contributed by atoms with Crippen molar-refractivity contribution in [2.75, 3.05) is 6.54 Å². The number of rotatable bonds is 5. The lowest BCUT2D eigenvalue weighted by molar-refractivity contribution is 0.0952. The average molecular weight is 279 g/mol. The summed E-state index contributed by atoms with van der Waals surface area (Å²) in [5, 5.41) is 3.19. The maximum absolute atomic E-state index is 12.0. The SMILES string of the molecule is CCc1cc(C(=O)NCCn2ccnc2)cc(Cl)n1. The predicted octanol–water partition coefficient (Wildman–Crippen LogP) is 1.92. The number of hydrogen-bond acceptors (Lipinski definition) is 3. The number of pyridine rings is 1. The zero-order chi connectivity index (χ0) is 13.7. The van der Waals surface area contributed by atoms with Gasteiger partial charge >= 0.3 is 0 Å². The smallest absolute Gasteiger partial charge is 0.251 e. The third-order valence-corrected chi connectivity index (χ3v) is 2.88. The van der Waals surface area contributed by atoms with E-state index >= 15 is 0 Å². The molecule has 0 aliphatic heterocycles. The first-order chi connectivity index (χ1) is 9.19. The van der Waals surface area contributed by atoms with Crippen LogP contribution >= 0.6 is 11.6 Å². The molecule has 0 saturated heterocycles. The highest BCUT2D eigenvalue weighted by Crippen LogP contribution is 2.11. The van der Waals surface area contributed by atoms with E-state index in [9.17, 15) is 4.79 Å². The molecule has 0 saturated carbocycles. The van der Waals surface area contributed by atoms with Gasteiger partial charge in [-0.25, -0.2) is 9.97 Å². The van der Waals surface area contributed by atoms with E-state index in [2.05, 4.69) is 15.3 Å². The van der Waals surface area contributed by atoms with Crippen molar-refractivity contribution >= 4 is 17.5 Å². The number of halogens is 1. The minimum atomic E-state index is -0.140. The average Bonchev–Trinajstić information content (AvgIpc) is 2.91. The number of aromatic nitrogens is 3. The fourth-order valence-electron chi connectivity index (χ4n) is 1.68. The molecule has 0 aliphatic rings. The number of aryl methyl sites for hydroxylation is 1. The van der Waals surface area contributed by atoms with Crippen molar-refractivity contribution in [3.63, 3.8) is 0 Å². The predicted molar refractivity (Wildman–Crippen MR) is 73.2 cm³/mol. The van der Waals surface area contributed by atoms with E-state index in [4.69, 9.17) is 11.6 Å². The molecule has 0 radical (unpaired) electrons. The van der Waals surface area contributed by atoms with Gasteiger partial charge < -0.3 is 9.88 Å². The largest absolute Gasteiger partial charge is 0.350 e. The first-order valence-electron chi connectivity index (χ1n) is 6.09. The van der Waals surface area contributed by atoms with E-state index in [1.54, 1.807) is 24.7 Å². The molecule has 0 aliphatic carbocycles. The van der Waals surface area contributed by atoms with Gasteiger partial charge in [-0.15, -0.1) is 0 Å². The molecule has 100 valence electrons. The van der Waals surface area contributed by atoms with Crippen LogP contribution in [0.5, 0.6) is 0 Å². The van der Waals surface area contributed by atoms with Gasteiger partial charge in [-0.1, -0.05) is 18.5 Å². The molecule has 0 fully saturated rings. The maximum atomic E-state index is 12.0. The minimum absolute atomic E-state index is 0.140. The summed E-state index contributed by atoms with van der Waals surface area (Å²) < 4.78 is 1.90. The van der Waals surface area contributed by atoms with Crippen LogP contribution in [0.3, 0.4) is 0 Å². The molecule has 2 aromatic heterocycles. The molecule has 1 N–H and O–H groups in total. The van der Waals surface area contributed by atoms with Crippen molar-refractivity contribution in [1.82, 2.24) is 19.9 Å². The molecule has 19 heavy (non-hydrogen) atoms. The van der Waals surface area contributed by atoms with Crippen LogP contribution in [0, 0.1) is 0 Å². The second-order valence-electron chi connectivity index (χ2n) is 4.08. The highest BCUT2D eigenvalue weighted by Gasteiger charge is 2.08. The molecule has 1 amide bonds. The molecule has 0 atom stereocenters. The van der Waals surface area contributed by atoms with Gasteiger partial charge in [0.2, 0.25) is 0 Å². The van der Waals surface area contributed by atoms with E-state index in [1.807, 2.05) is 17.7 Å². The van der Waals surface area contributed by atoms with Crippen LogP contribution in [0.2, 0.25) is 5.15 Å². The molecule has 5 nitrogen and oxygen atoms in total. The van der Waals surface area contributed by atoms with Crippen LogP contribution in [0.15, 0.2) is 30.9 Å². The van der Waals surface area contributed by atoms with E-state index in [1.165, 1.54) is 0 Å². The van der Waals surface area contributed by atoms with Crippen LogP contribution in [0.1, 0.15) is 23.0 Å². The van der Waals surface area contributed by atoms with E-state index in [0.717, 1.165) is 12.1 Å².